The number of hydrogen-bond acceptors (Lipinski definition) is 5. The Labute approximate surface area is 199 Å². The summed E-state index contributed by atoms with van der Waals surface area (Å²) in [6.07, 6.45) is 1.67. The van der Waals surface area contributed by atoms with Crippen LogP contribution in [0, 0.1) is 0 Å². The molecular formula is C24H30N4O5S. The van der Waals surface area contributed by atoms with Gasteiger partial charge in [0.1, 0.15) is 12.3 Å². The number of fused-ring (bicyclic) bond motifs is 1. The van der Waals surface area contributed by atoms with E-state index in [-0.39, 0.29) is 29.1 Å². The zero-order valence-electron chi connectivity index (χ0n) is 19.7. The minimum absolute atomic E-state index is 0.128. The van der Waals surface area contributed by atoms with Crippen molar-refractivity contribution in [1.29, 1.82) is 0 Å². The average Bonchev–Trinajstić information content (AvgIpc) is 3.43. The number of carbonyl (C=O) groups excluding carboxylic acids is 1. The van der Waals surface area contributed by atoms with Crippen molar-refractivity contribution in [2.24, 2.45) is 0 Å². The van der Waals surface area contributed by atoms with E-state index in [1.165, 1.54) is 14.9 Å². The molecule has 1 N–H and O–H groups in total. The van der Waals surface area contributed by atoms with Crippen molar-refractivity contribution < 1.29 is 17.9 Å². The highest BCUT2D eigenvalue weighted by Crippen LogP contribution is 2.26. The number of ether oxygens (including phenoxy) is 1. The first-order valence-corrected chi connectivity index (χ1v) is 12.9. The molecule has 34 heavy (non-hydrogen) atoms. The van der Waals surface area contributed by atoms with E-state index in [4.69, 9.17) is 4.74 Å². The maximum atomic E-state index is 13.2. The second-order valence-electron chi connectivity index (χ2n) is 8.60. The average molecular weight is 487 g/mol. The molecule has 1 saturated heterocycles. The fourth-order valence-corrected chi connectivity index (χ4v) is 5.83. The molecule has 2 heterocycles. The summed E-state index contributed by atoms with van der Waals surface area (Å²) >= 11 is 0. The normalized spacial score (nSPS) is 14.7. The quantitative estimate of drug-likeness (QED) is 0.527. The number of amides is 1. The Morgan fingerprint density at radius 2 is 1.74 bits per heavy atom. The molecule has 4 rings (SSSR count). The number of hydrogen-bond donors (Lipinski definition) is 1. The molecule has 3 aromatic rings. The molecule has 0 atom stereocenters. The Morgan fingerprint density at radius 3 is 2.35 bits per heavy atom. The lowest BCUT2D eigenvalue weighted by Crippen LogP contribution is -2.30. The van der Waals surface area contributed by atoms with Crippen LogP contribution in [0.5, 0.6) is 5.75 Å². The predicted octanol–water partition coefficient (Wildman–Crippen LogP) is 3.21. The van der Waals surface area contributed by atoms with Gasteiger partial charge < -0.3 is 10.1 Å². The monoisotopic (exact) mass is 486 g/mol. The summed E-state index contributed by atoms with van der Waals surface area (Å²) in [5.41, 5.74) is 1.23. The molecule has 0 radical (unpaired) electrons. The molecule has 0 unspecified atom stereocenters. The summed E-state index contributed by atoms with van der Waals surface area (Å²) in [6, 6.07) is 11.5. The van der Waals surface area contributed by atoms with Crippen LogP contribution >= 0.6 is 0 Å². The topological polar surface area (TPSA) is 103 Å². The molecule has 9 nitrogen and oxygen atoms in total. The number of sulfonamides is 1. The Morgan fingerprint density at radius 1 is 1.06 bits per heavy atom. The molecule has 10 heteroatoms. The van der Waals surface area contributed by atoms with Crippen LogP contribution in [0.2, 0.25) is 0 Å². The molecular weight excluding hydrogens is 456 g/mol. The zero-order chi connectivity index (χ0) is 24.5. The van der Waals surface area contributed by atoms with E-state index in [1.54, 1.807) is 41.0 Å². The van der Waals surface area contributed by atoms with Gasteiger partial charge in [0, 0.05) is 24.8 Å². The lowest BCUT2D eigenvalue weighted by Gasteiger charge is -2.16. The Balaban J connectivity index is 1.68. The first-order valence-electron chi connectivity index (χ1n) is 11.5. The van der Waals surface area contributed by atoms with Crippen LogP contribution in [0.4, 0.5) is 5.69 Å². The van der Waals surface area contributed by atoms with E-state index in [1.807, 2.05) is 20.8 Å². The first-order chi connectivity index (χ1) is 16.2. The Kier molecular flexibility index (Phi) is 6.81. The van der Waals surface area contributed by atoms with Crippen LogP contribution in [-0.2, 0) is 21.4 Å². The van der Waals surface area contributed by atoms with E-state index in [0.717, 1.165) is 12.8 Å². The minimum Gasteiger partial charge on any atom is -0.494 e. The van der Waals surface area contributed by atoms with Crippen molar-refractivity contribution in [1.82, 2.24) is 13.4 Å². The van der Waals surface area contributed by atoms with Gasteiger partial charge in [0.05, 0.1) is 22.5 Å². The van der Waals surface area contributed by atoms with Gasteiger partial charge in [-0.1, -0.05) is 0 Å². The van der Waals surface area contributed by atoms with Crippen LogP contribution in [0.15, 0.2) is 52.2 Å². The second-order valence-corrected chi connectivity index (χ2v) is 10.5. The van der Waals surface area contributed by atoms with Crippen molar-refractivity contribution in [3.8, 4) is 5.75 Å². The third-order valence-electron chi connectivity index (χ3n) is 5.90. The maximum absolute atomic E-state index is 13.2. The first kappa shape index (κ1) is 24.0. The number of benzene rings is 2. The van der Waals surface area contributed by atoms with Gasteiger partial charge in [-0.25, -0.2) is 13.2 Å². The summed E-state index contributed by atoms with van der Waals surface area (Å²) in [5, 5.41) is 2.79. The van der Waals surface area contributed by atoms with Crippen LogP contribution in [0.25, 0.3) is 11.0 Å². The van der Waals surface area contributed by atoms with Crippen LogP contribution < -0.4 is 15.7 Å². The van der Waals surface area contributed by atoms with E-state index < -0.39 is 10.0 Å². The molecule has 1 fully saturated rings. The highest BCUT2D eigenvalue weighted by atomic mass is 32.2. The molecule has 1 aliphatic rings. The molecule has 0 spiro atoms. The third kappa shape index (κ3) is 4.60. The van der Waals surface area contributed by atoms with Gasteiger partial charge in [0.15, 0.2) is 0 Å². The van der Waals surface area contributed by atoms with Gasteiger partial charge in [-0.3, -0.25) is 13.9 Å². The molecule has 0 saturated carbocycles. The SMILES string of the molecule is CCOc1ccc(NC(=O)Cn2c(=O)n(C(C)C)c3ccc(S(=O)(=O)N4CCCC4)cc32)cc1. The largest absolute Gasteiger partial charge is 0.494 e. The van der Waals surface area contributed by atoms with Gasteiger partial charge in [-0.2, -0.15) is 4.31 Å². The highest BCUT2D eigenvalue weighted by molar-refractivity contribution is 7.89. The smallest absolute Gasteiger partial charge is 0.329 e. The Hall–Kier alpha value is -3.11. The highest BCUT2D eigenvalue weighted by Gasteiger charge is 2.28. The number of anilines is 1. The summed E-state index contributed by atoms with van der Waals surface area (Å²) in [4.78, 5) is 26.2. The van der Waals surface area contributed by atoms with E-state index in [2.05, 4.69) is 5.32 Å². The standard InChI is InChI=1S/C24H30N4O5S/c1-4-33-19-9-7-18(8-10-19)25-23(29)16-27-22-15-20(34(31,32)26-13-5-6-14-26)11-12-21(22)28(17(2)3)24(27)30/h7-12,15,17H,4-6,13-14,16H2,1-3H3,(H,25,29). The summed E-state index contributed by atoms with van der Waals surface area (Å²) in [5.74, 6) is 0.310. The van der Waals surface area contributed by atoms with Gasteiger partial charge in [0.2, 0.25) is 15.9 Å². The molecule has 1 aromatic heterocycles. The summed E-state index contributed by atoms with van der Waals surface area (Å²) in [6.45, 7) is 6.93. The van der Waals surface area contributed by atoms with E-state index in [0.29, 0.717) is 42.2 Å². The van der Waals surface area contributed by atoms with Gasteiger partial charge in [-0.05, 0) is 76.1 Å². The predicted molar refractivity (Wildman–Crippen MR) is 131 cm³/mol. The lowest BCUT2D eigenvalue weighted by molar-refractivity contribution is -0.116. The minimum atomic E-state index is -3.66. The molecule has 2 aromatic carbocycles. The maximum Gasteiger partial charge on any atom is 0.329 e. The summed E-state index contributed by atoms with van der Waals surface area (Å²) in [7, 11) is -3.66. The zero-order valence-corrected chi connectivity index (χ0v) is 20.5. The molecule has 1 aliphatic heterocycles. The van der Waals surface area contributed by atoms with Crippen molar-refractivity contribution in [3.05, 3.63) is 52.9 Å². The lowest BCUT2D eigenvalue weighted by atomic mass is 10.3. The fraction of sp³-hybridized carbons (Fsp3) is 0.417. The molecule has 182 valence electrons. The number of rotatable bonds is 8. The fourth-order valence-electron chi connectivity index (χ4n) is 4.29. The van der Waals surface area contributed by atoms with Crippen molar-refractivity contribution in [2.45, 2.75) is 51.1 Å². The van der Waals surface area contributed by atoms with Gasteiger partial charge in [0.25, 0.3) is 0 Å². The third-order valence-corrected chi connectivity index (χ3v) is 7.80. The number of nitrogens with one attached hydrogen (secondary N) is 1. The number of imidazole rings is 1. The van der Waals surface area contributed by atoms with Crippen LogP contribution in [0.1, 0.15) is 39.7 Å². The molecule has 0 aliphatic carbocycles. The van der Waals surface area contributed by atoms with E-state index in [9.17, 15) is 18.0 Å². The Bertz CT molecular complexity index is 1350. The summed E-state index contributed by atoms with van der Waals surface area (Å²) < 4.78 is 36.0. The molecule has 1 amide bonds. The van der Waals surface area contributed by atoms with Crippen molar-refractivity contribution in [3.63, 3.8) is 0 Å². The second kappa shape index (κ2) is 9.63. The van der Waals surface area contributed by atoms with Crippen molar-refractivity contribution in [2.75, 3.05) is 25.0 Å². The van der Waals surface area contributed by atoms with E-state index >= 15 is 0 Å². The van der Waals surface area contributed by atoms with Crippen LogP contribution in [-0.4, -0.2) is 47.5 Å². The van der Waals surface area contributed by atoms with Crippen LogP contribution in [0.3, 0.4) is 0 Å². The van der Waals surface area contributed by atoms with Gasteiger partial charge in [-0.15, -0.1) is 0 Å². The van der Waals surface area contributed by atoms with Crippen molar-refractivity contribution >= 4 is 32.7 Å². The van der Waals surface area contributed by atoms with Gasteiger partial charge >= 0.3 is 5.69 Å². The molecule has 0 bridgehead atoms. The number of nitrogens with zero attached hydrogens (tertiary/aromatic N) is 3. The number of carbonyl (C=O) groups is 1. The number of aromatic nitrogens is 2.